The number of rotatable bonds is 14. The van der Waals surface area contributed by atoms with Crippen molar-refractivity contribution in [3.8, 4) is 11.1 Å². The average molecular weight is 624 g/mol. The van der Waals surface area contributed by atoms with E-state index in [-0.39, 0.29) is 5.91 Å². The Balaban J connectivity index is 0.000000474. The Morgan fingerprint density at radius 3 is 2.34 bits per heavy atom. The Labute approximate surface area is 243 Å². The first-order valence-corrected chi connectivity index (χ1v) is 15.5. The normalized spacial score (nSPS) is 11.5. The summed E-state index contributed by atoms with van der Waals surface area (Å²) < 4.78 is 6.45. The molecule has 3 aromatic rings. The maximum absolute atomic E-state index is 12.2. The van der Waals surface area contributed by atoms with Crippen LogP contribution in [0, 0.1) is 0 Å². The van der Waals surface area contributed by atoms with Crippen LogP contribution in [0.2, 0.25) is 0 Å². The molecule has 0 saturated carbocycles. The van der Waals surface area contributed by atoms with E-state index in [2.05, 4.69) is 45.7 Å². The van der Waals surface area contributed by atoms with Crippen molar-refractivity contribution < 1.29 is 19.4 Å². The maximum Gasteiger partial charge on any atom is 0.333 e. The number of nitrogens with two attached hydrogens (primary N) is 1. The minimum atomic E-state index is -0.938. The number of hydrogen-bond acceptors (Lipinski definition) is 6. The molecule has 0 radical (unpaired) electrons. The number of carbonyl (C=O) groups excluding carboxylic acids is 1. The van der Waals surface area contributed by atoms with Crippen molar-refractivity contribution in [2.24, 2.45) is 5.73 Å². The third-order valence-corrected chi connectivity index (χ3v) is 8.51. The van der Waals surface area contributed by atoms with Crippen LogP contribution in [0.3, 0.4) is 0 Å². The van der Waals surface area contributed by atoms with Crippen molar-refractivity contribution in [1.82, 2.24) is 4.90 Å². The highest BCUT2D eigenvalue weighted by Gasteiger charge is 2.18. The van der Waals surface area contributed by atoms with Crippen LogP contribution in [0.1, 0.15) is 54.8 Å². The van der Waals surface area contributed by atoms with Gasteiger partial charge in [0, 0.05) is 46.1 Å². The molecule has 38 heavy (non-hydrogen) atoms. The predicted molar refractivity (Wildman–Crippen MR) is 162 cm³/mol. The van der Waals surface area contributed by atoms with Gasteiger partial charge in [-0.05, 0) is 76.4 Å². The molecule has 1 atom stereocenters. The van der Waals surface area contributed by atoms with Crippen LogP contribution in [-0.4, -0.2) is 48.2 Å². The van der Waals surface area contributed by atoms with Gasteiger partial charge in [-0.25, -0.2) is 4.79 Å². The van der Waals surface area contributed by atoms with Gasteiger partial charge in [-0.15, -0.1) is 22.7 Å². The van der Waals surface area contributed by atoms with Crippen LogP contribution >= 0.6 is 38.6 Å². The van der Waals surface area contributed by atoms with Gasteiger partial charge >= 0.3 is 5.97 Å². The fourth-order valence-electron chi connectivity index (χ4n) is 3.75. The van der Waals surface area contributed by atoms with Crippen LogP contribution in [-0.2, 0) is 33.7 Å². The lowest BCUT2D eigenvalue weighted by Crippen LogP contribution is -2.26. The molecule has 2 aromatic heterocycles. The molecule has 0 saturated heterocycles. The number of halogens is 1. The zero-order valence-electron chi connectivity index (χ0n) is 22.5. The fraction of sp³-hybridized carbons (Fsp3) is 0.448. The summed E-state index contributed by atoms with van der Waals surface area (Å²) in [6.45, 7) is 5.68. The van der Waals surface area contributed by atoms with Crippen molar-refractivity contribution >= 4 is 50.5 Å². The number of unbranched alkanes of at least 4 members (excludes halogenated alkanes) is 2. The van der Waals surface area contributed by atoms with E-state index in [1.165, 1.54) is 4.88 Å². The Morgan fingerprint density at radius 1 is 1.05 bits per heavy atom. The van der Waals surface area contributed by atoms with Crippen molar-refractivity contribution in [1.29, 1.82) is 0 Å². The zero-order chi connectivity index (χ0) is 27.9. The number of carbonyl (C=O) groups is 2. The third kappa shape index (κ3) is 11.4. The SMILES string of the molecule is CCCCCC(=O)N(C)Cc1cc(-c2ccc(C[C@H](OCC)C(=O)O)cc2)cs1.NCCc1cc(Br)cs1. The van der Waals surface area contributed by atoms with Crippen molar-refractivity contribution in [3.63, 3.8) is 0 Å². The lowest BCUT2D eigenvalue weighted by atomic mass is 10.0. The molecule has 0 spiro atoms. The van der Waals surface area contributed by atoms with Crippen molar-refractivity contribution in [2.75, 3.05) is 20.2 Å². The largest absolute Gasteiger partial charge is 0.479 e. The molecule has 0 bridgehead atoms. The highest BCUT2D eigenvalue weighted by Crippen LogP contribution is 2.27. The molecule has 0 fully saturated rings. The molecule has 9 heteroatoms. The second-order valence-corrected chi connectivity index (χ2v) is 11.9. The zero-order valence-corrected chi connectivity index (χ0v) is 25.7. The summed E-state index contributed by atoms with van der Waals surface area (Å²) >= 11 is 6.77. The summed E-state index contributed by atoms with van der Waals surface area (Å²) in [4.78, 5) is 27.7. The highest BCUT2D eigenvalue weighted by molar-refractivity contribution is 9.10. The molecule has 1 aromatic carbocycles. The van der Waals surface area contributed by atoms with Crippen LogP contribution in [0.5, 0.6) is 0 Å². The summed E-state index contributed by atoms with van der Waals surface area (Å²) in [7, 11) is 1.86. The third-order valence-electron chi connectivity index (χ3n) is 5.83. The number of thiophene rings is 2. The summed E-state index contributed by atoms with van der Waals surface area (Å²) in [5.41, 5.74) is 8.49. The highest BCUT2D eigenvalue weighted by atomic mass is 79.9. The fourth-order valence-corrected chi connectivity index (χ4v) is 6.16. The van der Waals surface area contributed by atoms with Crippen molar-refractivity contribution in [3.05, 3.63) is 66.9 Å². The van der Waals surface area contributed by atoms with Crippen LogP contribution in [0.25, 0.3) is 11.1 Å². The van der Waals surface area contributed by atoms with E-state index < -0.39 is 12.1 Å². The maximum atomic E-state index is 12.2. The topological polar surface area (TPSA) is 92.9 Å². The summed E-state index contributed by atoms with van der Waals surface area (Å²) in [6, 6.07) is 12.1. The van der Waals surface area contributed by atoms with Gasteiger partial charge in [0.05, 0.1) is 6.54 Å². The Hall–Kier alpha value is -2.04. The van der Waals surface area contributed by atoms with E-state index in [1.807, 2.05) is 31.3 Å². The lowest BCUT2D eigenvalue weighted by molar-refractivity contribution is -0.150. The molecule has 0 aliphatic heterocycles. The summed E-state index contributed by atoms with van der Waals surface area (Å²) in [6.07, 6.45) is 4.31. The number of hydrogen-bond donors (Lipinski definition) is 2. The summed E-state index contributed by atoms with van der Waals surface area (Å²) in [5, 5.41) is 13.4. The number of nitrogens with zero attached hydrogens (tertiary/aromatic N) is 1. The van der Waals surface area contributed by atoms with Gasteiger partial charge in [0.1, 0.15) is 0 Å². The second-order valence-electron chi connectivity index (χ2n) is 8.96. The first-order valence-electron chi connectivity index (χ1n) is 12.9. The van der Waals surface area contributed by atoms with Gasteiger partial charge in [-0.2, -0.15) is 0 Å². The molecule has 1 amide bonds. The minimum Gasteiger partial charge on any atom is -0.479 e. The molecular weight excluding hydrogens is 584 g/mol. The van der Waals surface area contributed by atoms with Crippen LogP contribution in [0.15, 0.2) is 51.6 Å². The Bertz CT molecular complexity index is 1110. The van der Waals surface area contributed by atoms with E-state index in [0.29, 0.717) is 26.0 Å². The van der Waals surface area contributed by atoms with Crippen LogP contribution in [0.4, 0.5) is 0 Å². The summed E-state index contributed by atoms with van der Waals surface area (Å²) in [5.74, 6) is -0.744. The van der Waals surface area contributed by atoms with Gasteiger partial charge in [0.2, 0.25) is 5.91 Å². The van der Waals surface area contributed by atoms with Crippen molar-refractivity contribution in [2.45, 2.75) is 65.0 Å². The molecule has 2 heterocycles. The van der Waals surface area contributed by atoms with Gasteiger partial charge < -0.3 is 20.5 Å². The molecule has 0 aliphatic carbocycles. The van der Waals surface area contributed by atoms with E-state index in [0.717, 1.165) is 58.3 Å². The predicted octanol–water partition coefficient (Wildman–Crippen LogP) is 7.00. The Morgan fingerprint density at radius 2 is 1.76 bits per heavy atom. The van der Waals surface area contributed by atoms with E-state index in [1.54, 1.807) is 34.5 Å². The monoisotopic (exact) mass is 622 g/mol. The smallest absolute Gasteiger partial charge is 0.333 e. The average Bonchev–Trinajstić information content (AvgIpc) is 3.53. The number of benzene rings is 1. The quantitative estimate of drug-likeness (QED) is 0.189. The molecule has 3 N–H and O–H groups in total. The molecule has 0 aliphatic rings. The number of carboxylic acid groups (broad SMARTS) is 1. The number of aliphatic carboxylic acids is 1. The van der Waals surface area contributed by atoms with Gasteiger partial charge in [-0.1, -0.05) is 44.0 Å². The molecule has 3 rings (SSSR count). The molecule has 0 unspecified atom stereocenters. The second kappa shape index (κ2) is 17.5. The lowest BCUT2D eigenvalue weighted by Gasteiger charge is -2.16. The number of amides is 1. The standard InChI is InChI=1S/C23H31NO4S.C6H8BrNS/c1-4-6-7-8-22(25)24(3)15-20-14-19(16-29-20)18-11-9-17(10-12-18)13-21(23(26)27)28-5-2;7-5-3-6(1-2-8)9-4-5/h9-12,14,16,21H,4-8,13,15H2,1-3H3,(H,26,27);3-4H,1-2,8H2/t21-;/m0./s1. The number of carboxylic acids is 1. The first kappa shape index (κ1) is 32.2. The van der Waals surface area contributed by atoms with E-state index in [9.17, 15) is 14.7 Å². The minimum absolute atomic E-state index is 0.194. The molecular formula is C29H39BrN2O4S2. The first-order chi connectivity index (χ1) is 18.3. The number of ether oxygens (including phenoxy) is 1. The van der Waals surface area contributed by atoms with E-state index in [4.69, 9.17) is 10.5 Å². The van der Waals surface area contributed by atoms with E-state index >= 15 is 0 Å². The van der Waals surface area contributed by atoms with Gasteiger partial charge in [0.25, 0.3) is 0 Å². The Kier molecular flexibility index (Phi) is 14.8. The van der Waals surface area contributed by atoms with Gasteiger partial charge in [-0.3, -0.25) is 4.79 Å². The molecule has 208 valence electrons. The molecule has 6 nitrogen and oxygen atoms in total. The van der Waals surface area contributed by atoms with Gasteiger partial charge in [0.15, 0.2) is 6.10 Å². The van der Waals surface area contributed by atoms with Crippen LogP contribution < -0.4 is 5.73 Å².